The Morgan fingerprint density at radius 2 is 1.68 bits per heavy atom. The number of rotatable bonds is 6. The van der Waals surface area contributed by atoms with Crippen LogP contribution in [0.4, 0.5) is 24.5 Å². The SMILES string of the molecule is COc1ccc(C2/C(=C(/O)c3cccc([N+](=O)[O-])c3)C(=O)C(=O)N2c2cccc(OC(F)(F)F)c2)cc1. The van der Waals surface area contributed by atoms with Gasteiger partial charge in [0.1, 0.15) is 17.3 Å². The van der Waals surface area contributed by atoms with Crippen molar-refractivity contribution in [3.8, 4) is 11.5 Å². The van der Waals surface area contributed by atoms with E-state index in [2.05, 4.69) is 4.74 Å². The first-order chi connectivity index (χ1) is 17.5. The fraction of sp³-hybridized carbons (Fsp3) is 0.120. The normalized spacial score (nSPS) is 17.1. The minimum absolute atomic E-state index is 0.0973. The summed E-state index contributed by atoms with van der Waals surface area (Å²) in [5.41, 5.74) is -0.661. The van der Waals surface area contributed by atoms with Crippen molar-refractivity contribution in [1.82, 2.24) is 0 Å². The number of hydrogen-bond acceptors (Lipinski definition) is 7. The molecule has 0 bridgehead atoms. The Kier molecular flexibility index (Phi) is 6.58. The van der Waals surface area contributed by atoms with Crippen LogP contribution >= 0.6 is 0 Å². The van der Waals surface area contributed by atoms with Gasteiger partial charge in [-0.25, -0.2) is 0 Å². The Morgan fingerprint density at radius 1 is 1.00 bits per heavy atom. The van der Waals surface area contributed by atoms with Crippen molar-refractivity contribution in [2.45, 2.75) is 12.4 Å². The number of carbonyl (C=O) groups is 2. The number of aliphatic hydroxyl groups excluding tert-OH is 1. The number of nitro benzene ring substituents is 1. The number of hydrogen-bond donors (Lipinski definition) is 1. The number of ether oxygens (including phenoxy) is 2. The number of ketones is 1. The maximum Gasteiger partial charge on any atom is 0.573 e. The van der Waals surface area contributed by atoms with Gasteiger partial charge in [-0.3, -0.25) is 24.6 Å². The summed E-state index contributed by atoms with van der Waals surface area (Å²) in [6.45, 7) is 0. The van der Waals surface area contributed by atoms with Crippen molar-refractivity contribution in [1.29, 1.82) is 0 Å². The molecule has 37 heavy (non-hydrogen) atoms. The van der Waals surface area contributed by atoms with Crippen molar-refractivity contribution in [3.63, 3.8) is 0 Å². The summed E-state index contributed by atoms with van der Waals surface area (Å²) in [6, 6.07) is 14.1. The fourth-order valence-corrected chi connectivity index (χ4v) is 3.95. The van der Waals surface area contributed by atoms with E-state index in [4.69, 9.17) is 4.74 Å². The van der Waals surface area contributed by atoms with E-state index in [9.17, 15) is 38.0 Å². The van der Waals surface area contributed by atoms with Crippen LogP contribution in [-0.4, -0.2) is 35.2 Å². The van der Waals surface area contributed by atoms with Crippen molar-refractivity contribution in [3.05, 3.63) is 99.6 Å². The standard InChI is InChI=1S/C25H17F3N2O7/c1-36-18-10-8-14(9-11-18)21-20(22(31)15-4-2-6-17(12-15)30(34)35)23(32)24(33)29(21)16-5-3-7-19(13-16)37-25(26,27)28/h2-13,21,31H,1H3/b22-20-. The number of methoxy groups -OCH3 is 1. The molecule has 1 fully saturated rings. The molecule has 9 nitrogen and oxygen atoms in total. The highest BCUT2D eigenvalue weighted by Gasteiger charge is 2.47. The first-order valence-corrected chi connectivity index (χ1v) is 10.6. The van der Waals surface area contributed by atoms with Gasteiger partial charge < -0.3 is 14.6 Å². The van der Waals surface area contributed by atoms with Crippen LogP contribution in [-0.2, 0) is 9.59 Å². The van der Waals surface area contributed by atoms with Crippen LogP contribution in [0.5, 0.6) is 11.5 Å². The second kappa shape index (κ2) is 9.64. The molecule has 1 aliphatic rings. The molecule has 1 saturated heterocycles. The van der Waals surface area contributed by atoms with Gasteiger partial charge in [-0.15, -0.1) is 13.2 Å². The molecule has 3 aromatic carbocycles. The minimum atomic E-state index is -5.00. The Balaban J connectivity index is 1.91. The van der Waals surface area contributed by atoms with E-state index in [1.54, 1.807) is 0 Å². The molecule has 3 aromatic rings. The molecule has 1 atom stereocenters. The zero-order chi connectivity index (χ0) is 26.9. The number of Topliss-reactive ketones (excluding diaryl/α,β-unsaturated/α-hetero) is 1. The van der Waals surface area contributed by atoms with Gasteiger partial charge in [-0.2, -0.15) is 0 Å². The van der Waals surface area contributed by atoms with E-state index in [-0.39, 0.29) is 16.9 Å². The van der Waals surface area contributed by atoms with E-state index < -0.39 is 46.1 Å². The number of non-ortho nitro benzene ring substituents is 1. The number of benzene rings is 3. The lowest BCUT2D eigenvalue weighted by molar-refractivity contribution is -0.384. The van der Waals surface area contributed by atoms with Crippen molar-refractivity contribution < 1.29 is 42.3 Å². The highest BCUT2D eigenvalue weighted by molar-refractivity contribution is 6.51. The molecule has 12 heteroatoms. The summed E-state index contributed by atoms with van der Waals surface area (Å²) in [7, 11) is 1.43. The summed E-state index contributed by atoms with van der Waals surface area (Å²) >= 11 is 0. The first-order valence-electron chi connectivity index (χ1n) is 10.6. The average Bonchev–Trinajstić information content (AvgIpc) is 3.13. The number of carbonyl (C=O) groups excluding carboxylic acids is 2. The van der Waals surface area contributed by atoms with Crippen LogP contribution in [0.2, 0.25) is 0 Å². The molecule has 1 unspecified atom stereocenters. The molecule has 1 N–H and O–H groups in total. The number of halogens is 3. The third-order valence-corrected chi connectivity index (χ3v) is 5.54. The molecule has 0 aromatic heterocycles. The van der Waals surface area contributed by atoms with Gasteiger partial charge in [0, 0.05) is 29.4 Å². The van der Waals surface area contributed by atoms with Gasteiger partial charge in [-0.1, -0.05) is 30.3 Å². The lowest BCUT2D eigenvalue weighted by Crippen LogP contribution is -2.29. The lowest BCUT2D eigenvalue weighted by atomic mass is 9.95. The molecule has 1 heterocycles. The maximum atomic E-state index is 13.2. The molecule has 0 spiro atoms. The third-order valence-electron chi connectivity index (χ3n) is 5.54. The van der Waals surface area contributed by atoms with Gasteiger partial charge in [0.2, 0.25) is 0 Å². The van der Waals surface area contributed by atoms with Crippen LogP contribution in [0.3, 0.4) is 0 Å². The van der Waals surface area contributed by atoms with Gasteiger partial charge in [-0.05, 0) is 29.8 Å². The first kappa shape index (κ1) is 25.2. The van der Waals surface area contributed by atoms with Crippen molar-refractivity contribution in [2.24, 2.45) is 0 Å². The highest BCUT2D eigenvalue weighted by Crippen LogP contribution is 2.43. The monoisotopic (exact) mass is 514 g/mol. The van der Waals surface area contributed by atoms with Crippen LogP contribution in [0.25, 0.3) is 5.76 Å². The molecule has 4 rings (SSSR count). The van der Waals surface area contributed by atoms with E-state index in [1.807, 2.05) is 0 Å². The predicted molar refractivity (Wildman–Crippen MR) is 124 cm³/mol. The van der Waals surface area contributed by atoms with E-state index in [1.165, 1.54) is 61.7 Å². The smallest absolute Gasteiger partial charge is 0.507 e. The second-order valence-corrected chi connectivity index (χ2v) is 7.79. The summed E-state index contributed by atoms with van der Waals surface area (Å²) in [5.74, 6) is -3.13. The Bertz CT molecular complexity index is 1420. The van der Waals surface area contributed by atoms with Crippen LogP contribution in [0, 0.1) is 10.1 Å². The topological polar surface area (TPSA) is 119 Å². The van der Waals surface area contributed by atoms with E-state index >= 15 is 0 Å². The largest absolute Gasteiger partial charge is 0.573 e. The van der Waals surface area contributed by atoms with Crippen LogP contribution in [0.1, 0.15) is 17.2 Å². The number of aliphatic hydroxyl groups is 1. The van der Waals surface area contributed by atoms with Gasteiger partial charge in [0.25, 0.3) is 17.4 Å². The van der Waals surface area contributed by atoms with Crippen molar-refractivity contribution >= 4 is 28.8 Å². The number of nitrogens with zero attached hydrogens (tertiary/aromatic N) is 2. The third kappa shape index (κ3) is 5.08. The number of amides is 1. The van der Waals surface area contributed by atoms with Gasteiger partial charge >= 0.3 is 6.36 Å². The summed E-state index contributed by atoms with van der Waals surface area (Å²) in [5, 5.41) is 22.3. The predicted octanol–water partition coefficient (Wildman–Crippen LogP) is 5.13. The molecule has 190 valence electrons. The molecule has 0 radical (unpaired) electrons. The van der Waals surface area contributed by atoms with Crippen LogP contribution < -0.4 is 14.4 Å². The Labute approximate surface area is 207 Å². The Hall–Kier alpha value is -4.87. The highest BCUT2D eigenvalue weighted by atomic mass is 19.4. The zero-order valence-corrected chi connectivity index (χ0v) is 18.9. The number of anilines is 1. The lowest BCUT2D eigenvalue weighted by Gasteiger charge is -2.26. The van der Waals surface area contributed by atoms with Gasteiger partial charge in [0.05, 0.1) is 23.6 Å². The molecular formula is C25H17F3N2O7. The average molecular weight is 514 g/mol. The van der Waals surface area contributed by atoms with Crippen LogP contribution in [0.15, 0.2) is 78.4 Å². The minimum Gasteiger partial charge on any atom is -0.507 e. The molecule has 1 aliphatic heterocycles. The molecule has 1 amide bonds. The summed E-state index contributed by atoms with van der Waals surface area (Å²) < 4.78 is 47.5. The quantitative estimate of drug-likeness (QED) is 0.159. The zero-order valence-electron chi connectivity index (χ0n) is 18.9. The van der Waals surface area contributed by atoms with E-state index in [0.29, 0.717) is 11.3 Å². The molecular weight excluding hydrogens is 497 g/mol. The van der Waals surface area contributed by atoms with E-state index in [0.717, 1.165) is 23.1 Å². The number of alkyl halides is 3. The summed E-state index contributed by atoms with van der Waals surface area (Å²) in [6.07, 6.45) is -5.00. The number of nitro groups is 1. The Morgan fingerprint density at radius 3 is 2.30 bits per heavy atom. The van der Waals surface area contributed by atoms with Crippen molar-refractivity contribution in [2.75, 3.05) is 12.0 Å². The second-order valence-electron chi connectivity index (χ2n) is 7.79. The maximum absolute atomic E-state index is 13.2. The molecule has 0 aliphatic carbocycles. The van der Waals surface area contributed by atoms with Gasteiger partial charge in [0.15, 0.2) is 0 Å². The fourth-order valence-electron chi connectivity index (χ4n) is 3.95. The summed E-state index contributed by atoms with van der Waals surface area (Å²) in [4.78, 5) is 37.8. The molecule has 0 saturated carbocycles.